The molecule has 0 radical (unpaired) electrons. The molecular formula is C26H19NO6. The Hall–Kier alpha value is -4.52. The van der Waals surface area contributed by atoms with Crippen LogP contribution in [0.2, 0.25) is 0 Å². The molecule has 4 aromatic carbocycles. The van der Waals surface area contributed by atoms with E-state index >= 15 is 0 Å². The maximum Gasteiger partial charge on any atom is 0.345 e. The van der Waals surface area contributed by atoms with E-state index < -0.39 is 17.9 Å². The topological polar surface area (TPSA) is 102 Å². The normalized spacial score (nSPS) is 11.3. The average molecular weight is 441 g/mol. The predicted molar refractivity (Wildman–Crippen MR) is 122 cm³/mol. The van der Waals surface area contributed by atoms with E-state index in [1.54, 1.807) is 36.4 Å². The lowest BCUT2D eigenvalue weighted by atomic mass is 10.1. The number of carbonyl (C=O) groups excluding carboxylic acids is 3. The van der Waals surface area contributed by atoms with Crippen LogP contribution in [0.3, 0.4) is 0 Å². The minimum atomic E-state index is -0.837. The van der Waals surface area contributed by atoms with Crippen molar-refractivity contribution < 1.29 is 29.1 Å². The summed E-state index contributed by atoms with van der Waals surface area (Å²) in [6, 6.07) is 25.0. The van der Waals surface area contributed by atoms with Gasteiger partial charge in [-0.2, -0.15) is 0 Å². The van der Waals surface area contributed by atoms with Crippen LogP contribution in [-0.4, -0.2) is 29.0 Å². The predicted octanol–water partition coefficient (Wildman–Crippen LogP) is 5.10. The van der Waals surface area contributed by atoms with Gasteiger partial charge >= 0.3 is 17.9 Å². The second kappa shape index (κ2) is 9.74. The molecule has 0 unspecified atom stereocenters. The van der Waals surface area contributed by atoms with Crippen LogP contribution >= 0.6 is 0 Å². The third-order valence-corrected chi connectivity index (χ3v) is 5.04. The van der Waals surface area contributed by atoms with E-state index in [0.29, 0.717) is 0 Å². The zero-order chi connectivity index (χ0) is 23.2. The number of hydrogen-bond acceptors (Lipinski definition) is 7. The van der Waals surface area contributed by atoms with E-state index in [-0.39, 0.29) is 29.9 Å². The summed E-state index contributed by atoms with van der Waals surface area (Å²) in [6.45, 7) is 0. The Morgan fingerprint density at radius 2 is 1.12 bits per heavy atom. The Bertz CT molecular complexity index is 1390. The highest BCUT2D eigenvalue weighted by Crippen LogP contribution is 2.18. The van der Waals surface area contributed by atoms with Crippen LogP contribution in [0.25, 0.3) is 21.5 Å². The molecule has 0 aliphatic carbocycles. The standard InChI is InChI=1S/C26H19NO6/c28-24(33-26(30)22-12-10-18-6-2-4-8-20(18)16-22)14-13-23(27-31)32-25(29)21-11-9-17-5-1-3-7-19(17)15-21/h1-12,15-16,31H,13-14H2/b27-23-. The van der Waals surface area contributed by atoms with Gasteiger partial charge in [-0.05, 0) is 45.8 Å². The van der Waals surface area contributed by atoms with Gasteiger partial charge in [0.25, 0.3) is 0 Å². The van der Waals surface area contributed by atoms with Crippen LogP contribution in [0.1, 0.15) is 33.6 Å². The molecule has 0 amide bonds. The molecule has 0 spiro atoms. The first-order valence-electron chi connectivity index (χ1n) is 10.2. The van der Waals surface area contributed by atoms with Crippen LogP contribution in [0.4, 0.5) is 0 Å². The summed E-state index contributed by atoms with van der Waals surface area (Å²) < 4.78 is 9.95. The van der Waals surface area contributed by atoms with Crippen LogP contribution in [-0.2, 0) is 14.3 Å². The van der Waals surface area contributed by atoms with E-state index in [4.69, 9.17) is 14.7 Å². The number of nitrogens with zero attached hydrogens (tertiary/aromatic N) is 1. The number of hydrogen-bond donors (Lipinski definition) is 1. The van der Waals surface area contributed by atoms with Gasteiger partial charge in [0, 0.05) is 6.42 Å². The van der Waals surface area contributed by atoms with Gasteiger partial charge in [-0.15, -0.1) is 0 Å². The van der Waals surface area contributed by atoms with Crippen LogP contribution in [0.15, 0.2) is 90.1 Å². The molecule has 0 saturated heterocycles. The molecule has 7 nitrogen and oxygen atoms in total. The molecule has 0 atom stereocenters. The highest BCUT2D eigenvalue weighted by atomic mass is 16.6. The third-order valence-electron chi connectivity index (χ3n) is 5.04. The van der Waals surface area contributed by atoms with Crippen molar-refractivity contribution in [3.8, 4) is 0 Å². The zero-order valence-electron chi connectivity index (χ0n) is 17.4. The van der Waals surface area contributed by atoms with Gasteiger partial charge in [0.15, 0.2) is 0 Å². The maximum absolute atomic E-state index is 12.4. The van der Waals surface area contributed by atoms with E-state index in [1.165, 1.54) is 0 Å². The largest absolute Gasteiger partial charge is 0.408 e. The molecule has 0 fully saturated rings. The Morgan fingerprint density at radius 1 is 0.636 bits per heavy atom. The molecule has 0 aliphatic rings. The summed E-state index contributed by atoms with van der Waals surface area (Å²) in [7, 11) is 0. The zero-order valence-corrected chi connectivity index (χ0v) is 17.4. The fourth-order valence-electron chi connectivity index (χ4n) is 3.34. The van der Waals surface area contributed by atoms with Gasteiger partial charge in [-0.3, -0.25) is 4.79 Å². The number of carbonyl (C=O) groups is 3. The molecule has 7 heteroatoms. The summed E-state index contributed by atoms with van der Waals surface area (Å²) in [5, 5.41) is 15.7. The quantitative estimate of drug-likeness (QED) is 0.115. The van der Waals surface area contributed by atoms with Gasteiger partial charge in [-0.1, -0.05) is 65.8 Å². The Balaban J connectivity index is 1.33. The average Bonchev–Trinajstić information content (AvgIpc) is 2.85. The van der Waals surface area contributed by atoms with Gasteiger partial charge in [0.2, 0.25) is 5.90 Å². The van der Waals surface area contributed by atoms with E-state index in [2.05, 4.69) is 5.16 Å². The number of benzene rings is 4. The first kappa shape index (κ1) is 21.7. The molecule has 0 saturated carbocycles. The molecule has 0 aromatic heterocycles. The summed E-state index contributed by atoms with van der Waals surface area (Å²) in [4.78, 5) is 36.8. The monoisotopic (exact) mass is 441 g/mol. The van der Waals surface area contributed by atoms with Gasteiger partial charge in [0.05, 0.1) is 17.5 Å². The number of fused-ring (bicyclic) bond motifs is 2. The number of esters is 3. The minimum absolute atomic E-state index is 0.223. The van der Waals surface area contributed by atoms with Crippen molar-refractivity contribution in [1.29, 1.82) is 0 Å². The molecule has 164 valence electrons. The summed E-state index contributed by atoms with van der Waals surface area (Å²) in [5.41, 5.74) is 0.504. The second-order valence-electron chi connectivity index (χ2n) is 7.27. The summed E-state index contributed by atoms with van der Waals surface area (Å²) in [6.07, 6.45) is -0.538. The Labute approximate surface area is 188 Å². The number of oxime groups is 1. The first-order valence-corrected chi connectivity index (χ1v) is 10.2. The third kappa shape index (κ3) is 5.22. The van der Waals surface area contributed by atoms with Crippen molar-refractivity contribution in [3.63, 3.8) is 0 Å². The summed E-state index contributed by atoms with van der Waals surface area (Å²) in [5.74, 6) is -2.71. The minimum Gasteiger partial charge on any atom is -0.408 e. The van der Waals surface area contributed by atoms with Gasteiger partial charge in [-0.25, -0.2) is 9.59 Å². The van der Waals surface area contributed by atoms with E-state index in [0.717, 1.165) is 21.5 Å². The Kier molecular flexibility index (Phi) is 6.40. The molecule has 33 heavy (non-hydrogen) atoms. The molecular weight excluding hydrogens is 422 g/mol. The fourth-order valence-corrected chi connectivity index (χ4v) is 3.34. The van der Waals surface area contributed by atoms with E-state index in [1.807, 2.05) is 48.5 Å². The molecule has 4 aromatic rings. The summed E-state index contributed by atoms with van der Waals surface area (Å²) >= 11 is 0. The lowest BCUT2D eigenvalue weighted by Crippen LogP contribution is -2.17. The molecule has 1 N–H and O–H groups in total. The number of rotatable bonds is 5. The van der Waals surface area contributed by atoms with Gasteiger partial charge in [0.1, 0.15) is 0 Å². The van der Waals surface area contributed by atoms with Crippen molar-refractivity contribution in [2.75, 3.05) is 0 Å². The smallest absolute Gasteiger partial charge is 0.345 e. The Morgan fingerprint density at radius 3 is 1.64 bits per heavy atom. The van der Waals surface area contributed by atoms with Crippen molar-refractivity contribution >= 4 is 45.4 Å². The van der Waals surface area contributed by atoms with Crippen molar-refractivity contribution in [2.24, 2.45) is 5.16 Å². The number of ether oxygens (including phenoxy) is 2. The SMILES string of the molecule is O=C(CC/C(=N/O)OC(=O)c1ccc2ccccc2c1)OC(=O)c1ccc2ccccc2c1. The fraction of sp³-hybridized carbons (Fsp3) is 0.0769. The van der Waals surface area contributed by atoms with Crippen molar-refractivity contribution in [2.45, 2.75) is 12.8 Å². The molecule has 4 rings (SSSR count). The lowest BCUT2D eigenvalue weighted by molar-refractivity contribution is -0.137. The highest BCUT2D eigenvalue weighted by Gasteiger charge is 2.17. The molecule has 0 heterocycles. The van der Waals surface area contributed by atoms with Crippen LogP contribution < -0.4 is 0 Å². The second-order valence-corrected chi connectivity index (χ2v) is 7.27. The highest BCUT2D eigenvalue weighted by molar-refractivity contribution is 6.02. The maximum atomic E-state index is 12.4. The van der Waals surface area contributed by atoms with Crippen molar-refractivity contribution in [3.05, 3.63) is 96.1 Å². The molecule has 0 aliphatic heterocycles. The first-order chi connectivity index (χ1) is 16.0. The van der Waals surface area contributed by atoms with Crippen LogP contribution in [0, 0.1) is 0 Å². The van der Waals surface area contributed by atoms with Crippen LogP contribution in [0.5, 0.6) is 0 Å². The lowest BCUT2D eigenvalue weighted by Gasteiger charge is -2.07. The van der Waals surface area contributed by atoms with E-state index in [9.17, 15) is 14.4 Å². The molecule has 0 bridgehead atoms. The van der Waals surface area contributed by atoms with Crippen molar-refractivity contribution in [1.82, 2.24) is 0 Å². The van der Waals surface area contributed by atoms with Gasteiger partial charge < -0.3 is 14.7 Å².